The van der Waals surface area contributed by atoms with Crippen LogP contribution in [0.3, 0.4) is 0 Å². The fourth-order valence-electron chi connectivity index (χ4n) is 1.38. The second kappa shape index (κ2) is 7.20. The molecule has 0 aliphatic carbocycles. The van der Waals surface area contributed by atoms with Gasteiger partial charge in [-0.1, -0.05) is 18.5 Å². The molecule has 5 N–H and O–H groups in total. The molecule has 1 aromatic carbocycles. The van der Waals surface area contributed by atoms with E-state index in [1.807, 2.05) is 6.92 Å². The number of rotatable bonds is 5. The van der Waals surface area contributed by atoms with Gasteiger partial charge in [-0.25, -0.2) is 9.18 Å². The Morgan fingerprint density at radius 1 is 1.53 bits per heavy atom. The fourth-order valence-corrected chi connectivity index (χ4v) is 1.38. The summed E-state index contributed by atoms with van der Waals surface area (Å²) in [7, 11) is 0. The highest BCUT2D eigenvalue weighted by atomic mass is 19.1. The van der Waals surface area contributed by atoms with E-state index < -0.39 is 11.8 Å². The molecule has 0 aromatic heterocycles. The summed E-state index contributed by atoms with van der Waals surface area (Å²) in [6.45, 7) is 2.54. The molecule has 0 saturated carbocycles. The van der Waals surface area contributed by atoms with Gasteiger partial charge in [0.15, 0.2) is 5.84 Å². The van der Waals surface area contributed by atoms with E-state index in [-0.39, 0.29) is 17.1 Å². The monoisotopic (exact) mass is 268 g/mol. The van der Waals surface area contributed by atoms with Crippen LogP contribution in [0, 0.1) is 5.82 Å². The van der Waals surface area contributed by atoms with Crippen LogP contribution in [0.1, 0.15) is 25.3 Å². The molecule has 0 spiro atoms. The van der Waals surface area contributed by atoms with Crippen molar-refractivity contribution in [3.63, 3.8) is 0 Å². The van der Waals surface area contributed by atoms with Crippen LogP contribution in [-0.4, -0.2) is 23.6 Å². The maximum Gasteiger partial charge on any atom is 0.319 e. The molecule has 0 saturated heterocycles. The number of amides is 2. The molecular formula is C12H17FN4O2. The zero-order chi connectivity index (χ0) is 14.3. The number of urea groups is 1. The number of oxime groups is 1. The van der Waals surface area contributed by atoms with Gasteiger partial charge in [0.05, 0.1) is 5.69 Å². The number of nitrogens with two attached hydrogens (primary N) is 1. The van der Waals surface area contributed by atoms with Crippen molar-refractivity contribution in [1.29, 1.82) is 0 Å². The first-order valence-electron chi connectivity index (χ1n) is 5.90. The van der Waals surface area contributed by atoms with E-state index in [1.165, 1.54) is 12.1 Å². The molecule has 0 atom stereocenters. The lowest BCUT2D eigenvalue weighted by molar-refractivity contribution is 0.252. The topological polar surface area (TPSA) is 99.7 Å². The molecule has 104 valence electrons. The van der Waals surface area contributed by atoms with Crippen LogP contribution in [0.15, 0.2) is 23.4 Å². The molecule has 0 unspecified atom stereocenters. The summed E-state index contributed by atoms with van der Waals surface area (Å²) in [5.74, 6) is -0.854. The van der Waals surface area contributed by atoms with Gasteiger partial charge in [0.2, 0.25) is 0 Å². The van der Waals surface area contributed by atoms with Crippen LogP contribution < -0.4 is 16.4 Å². The maximum atomic E-state index is 13.7. The largest absolute Gasteiger partial charge is 0.409 e. The third-order valence-electron chi connectivity index (χ3n) is 2.44. The summed E-state index contributed by atoms with van der Waals surface area (Å²) in [5.41, 5.74) is 5.59. The van der Waals surface area contributed by atoms with Crippen molar-refractivity contribution < 1.29 is 14.4 Å². The zero-order valence-electron chi connectivity index (χ0n) is 10.6. The van der Waals surface area contributed by atoms with Crippen LogP contribution in [0.5, 0.6) is 0 Å². The van der Waals surface area contributed by atoms with Gasteiger partial charge in [-0.05, 0) is 24.6 Å². The smallest absolute Gasteiger partial charge is 0.319 e. The minimum absolute atomic E-state index is 0.0310. The van der Waals surface area contributed by atoms with Crippen molar-refractivity contribution in [2.45, 2.75) is 19.8 Å². The second-order valence-corrected chi connectivity index (χ2v) is 3.91. The molecule has 1 rings (SSSR count). The van der Waals surface area contributed by atoms with Gasteiger partial charge in [-0.2, -0.15) is 0 Å². The number of carbonyl (C=O) groups excluding carboxylic acids is 1. The van der Waals surface area contributed by atoms with Crippen molar-refractivity contribution >= 4 is 17.6 Å². The molecule has 0 heterocycles. The molecule has 0 bridgehead atoms. The Kier molecular flexibility index (Phi) is 5.59. The van der Waals surface area contributed by atoms with Crippen LogP contribution in [0.25, 0.3) is 0 Å². The van der Waals surface area contributed by atoms with Crippen LogP contribution in [-0.2, 0) is 0 Å². The highest BCUT2D eigenvalue weighted by molar-refractivity contribution is 5.98. The fraction of sp³-hybridized carbons (Fsp3) is 0.333. The van der Waals surface area contributed by atoms with Gasteiger partial charge in [0, 0.05) is 12.1 Å². The molecule has 0 radical (unpaired) electrons. The Morgan fingerprint density at radius 3 is 2.84 bits per heavy atom. The summed E-state index contributed by atoms with van der Waals surface area (Å²) in [6.07, 6.45) is 1.82. The van der Waals surface area contributed by atoms with E-state index in [4.69, 9.17) is 10.9 Å². The van der Waals surface area contributed by atoms with Gasteiger partial charge >= 0.3 is 6.03 Å². The summed E-state index contributed by atoms with van der Waals surface area (Å²) in [6, 6.07) is 3.41. The minimum Gasteiger partial charge on any atom is -0.409 e. The number of anilines is 1. The Bertz CT molecular complexity index is 477. The molecule has 0 aliphatic heterocycles. The number of nitrogens with one attached hydrogen (secondary N) is 2. The first-order valence-corrected chi connectivity index (χ1v) is 5.90. The first kappa shape index (κ1) is 14.7. The van der Waals surface area contributed by atoms with Crippen molar-refractivity contribution in [2.75, 3.05) is 11.9 Å². The van der Waals surface area contributed by atoms with Crippen LogP contribution >= 0.6 is 0 Å². The Morgan fingerprint density at radius 2 is 2.26 bits per heavy atom. The molecule has 7 heteroatoms. The number of unbranched alkanes of at least 4 members (excludes halogenated alkanes) is 1. The molecule has 19 heavy (non-hydrogen) atoms. The average Bonchev–Trinajstić information content (AvgIpc) is 2.40. The van der Waals surface area contributed by atoms with Gasteiger partial charge in [0.25, 0.3) is 0 Å². The summed E-state index contributed by atoms with van der Waals surface area (Å²) >= 11 is 0. The number of halogens is 1. The second-order valence-electron chi connectivity index (χ2n) is 3.91. The summed E-state index contributed by atoms with van der Waals surface area (Å²) in [5, 5.41) is 16.2. The maximum absolute atomic E-state index is 13.7. The van der Waals surface area contributed by atoms with Crippen LogP contribution in [0.4, 0.5) is 14.9 Å². The molecule has 1 aromatic rings. The van der Waals surface area contributed by atoms with Crippen molar-refractivity contribution in [1.82, 2.24) is 5.32 Å². The summed E-state index contributed by atoms with van der Waals surface area (Å²) in [4.78, 5) is 11.4. The van der Waals surface area contributed by atoms with Crippen molar-refractivity contribution in [2.24, 2.45) is 10.9 Å². The lowest BCUT2D eigenvalue weighted by Gasteiger charge is -2.09. The zero-order valence-corrected chi connectivity index (χ0v) is 10.6. The van der Waals surface area contributed by atoms with E-state index in [9.17, 15) is 9.18 Å². The molecule has 2 amide bonds. The van der Waals surface area contributed by atoms with Gasteiger partial charge in [-0.15, -0.1) is 0 Å². The third-order valence-corrected chi connectivity index (χ3v) is 2.44. The van der Waals surface area contributed by atoms with E-state index in [2.05, 4.69) is 15.8 Å². The number of nitrogens with zero attached hydrogens (tertiary/aromatic N) is 1. The predicted octanol–water partition coefficient (Wildman–Crippen LogP) is 1.84. The number of amidine groups is 1. The van der Waals surface area contributed by atoms with E-state index in [0.29, 0.717) is 6.54 Å². The molecule has 0 fully saturated rings. The SMILES string of the molecule is CCCCNC(=O)Nc1ccc(/C(N)=N/O)cc1F. The number of benzene rings is 1. The lowest BCUT2D eigenvalue weighted by atomic mass is 10.2. The minimum atomic E-state index is -0.658. The van der Waals surface area contributed by atoms with E-state index in [0.717, 1.165) is 18.9 Å². The predicted molar refractivity (Wildman–Crippen MR) is 70.8 cm³/mol. The highest BCUT2D eigenvalue weighted by Crippen LogP contribution is 2.15. The average molecular weight is 268 g/mol. The Labute approximate surface area is 110 Å². The van der Waals surface area contributed by atoms with Crippen LogP contribution in [0.2, 0.25) is 0 Å². The van der Waals surface area contributed by atoms with Gasteiger partial charge in [-0.3, -0.25) is 0 Å². The number of hydrogen-bond acceptors (Lipinski definition) is 3. The standard InChI is InChI=1S/C12H17FN4O2/c1-2-3-6-15-12(18)16-10-5-4-8(7-9(10)13)11(14)17-19/h4-5,7,19H,2-3,6H2,1H3,(H2,14,17)(H2,15,16,18). The molecular weight excluding hydrogens is 251 g/mol. The third kappa shape index (κ3) is 4.46. The van der Waals surface area contributed by atoms with Crippen molar-refractivity contribution in [3.8, 4) is 0 Å². The van der Waals surface area contributed by atoms with E-state index in [1.54, 1.807) is 0 Å². The molecule has 6 nitrogen and oxygen atoms in total. The normalized spacial score (nSPS) is 11.2. The Hall–Kier alpha value is -2.31. The summed E-state index contributed by atoms with van der Waals surface area (Å²) < 4.78 is 13.7. The van der Waals surface area contributed by atoms with Gasteiger partial charge < -0.3 is 21.6 Å². The number of carbonyl (C=O) groups is 1. The van der Waals surface area contributed by atoms with Crippen molar-refractivity contribution in [3.05, 3.63) is 29.6 Å². The highest BCUT2D eigenvalue weighted by Gasteiger charge is 2.08. The lowest BCUT2D eigenvalue weighted by Crippen LogP contribution is -2.29. The Balaban J connectivity index is 2.67. The quantitative estimate of drug-likeness (QED) is 0.215. The van der Waals surface area contributed by atoms with Gasteiger partial charge in [0.1, 0.15) is 5.82 Å². The molecule has 0 aliphatic rings. The number of hydrogen-bond donors (Lipinski definition) is 4. The van der Waals surface area contributed by atoms with E-state index >= 15 is 0 Å². The first-order chi connectivity index (χ1) is 9.08.